The van der Waals surface area contributed by atoms with Gasteiger partial charge in [-0.05, 0) is 20.3 Å². The second-order valence-corrected chi connectivity index (χ2v) is 4.53. The quantitative estimate of drug-likeness (QED) is 0.830. The van der Waals surface area contributed by atoms with Crippen molar-refractivity contribution in [2.24, 2.45) is 0 Å². The van der Waals surface area contributed by atoms with Crippen molar-refractivity contribution in [2.75, 3.05) is 6.54 Å². The molecule has 16 heavy (non-hydrogen) atoms. The zero-order valence-corrected chi connectivity index (χ0v) is 11.1. The Labute approximate surface area is 102 Å². The van der Waals surface area contributed by atoms with Crippen LogP contribution in [0.5, 0.6) is 0 Å². The number of rotatable bonds is 6. The van der Waals surface area contributed by atoms with Crippen molar-refractivity contribution in [1.29, 1.82) is 0 Å². The van der Waals surface area contributed by atoms with E-state index < -0.39 is 0 Å². The summed E-state index contributed by atoms with van der Waals surface area (Å²) in [5, 5.41) is 8.41. The third-order valence-electron chi connectivity index (χ3n) is 2.59. The summed E-state index contributed by atoms with van der Waals surface area (Å²) in [7, 11) is 0. The summed E-state index contributed by atoms with van der Waals surface area (Å²) in [6.45, 7) is 12.4. The fraction of sp³-hybridized carbons (Fsp3) is 0.583. The summed E-state index contributed by atoms with van der Waals surface area (Å²) < 4.78 is 2.07. The van der Waals surface area contributed by atoms with Crippen molar-refractivity contribution in [3.8, 4) is 0 Å². The molecule has 0 saturated carbocycles. The maximum atomic E-state index is 5.70. The molecule has 0 aliphatic carbocycles. The van der Waals surface area contributed by atoms with Gasteiger partial charge in [-0.15, -0.1) is 0 Å². The maximum Gasteiger partial charge on any atom is 0.0641 e. The van der Waals surface area contributed by atoms with E-state index in [1.165, 1.54) is 11.3 Å². The van der Waals surface area contributed by atoms with Crippen LogP contribution in [0, 0.1) is 13.8 Å². The van der Waals surface area contributed by atoms with Crippen LogP contribution in [-0.2, 0) is 13.1 Å². The average molecular weight is 242 g/mol. The molecule has 0 spiro atoms. The van der Waals surface area contributed by atoms with E-state index in [-0.39, 0.29) is 0 Å². The van der Waals surface area contributed by atoms with Gasteiger partial charge < -0.3 is 5.32 Å². The lowest BCUT2D eigenvalue weighted by Gasteiger charge is -2.05. The van der Waals surface area contributed by atoms with Gasteiger partial charge in [0, 0.05) is 35.9 Å². The van der Waals surface area contributed by atoms with E-state index in [9.17, 15) is 0 Å². The molecular weight excluding hydrogens is 222 g/mol. The molecule has 90 valence electrons. The van der Waals surface area contributed by atoms with Crippen LogP contribution in [0.1, 0.15) is 30.3 Å². The monoisotopic (exact) mass is 241 g/mol. The lowest BCUT2D eigenvalue weighted by Crippen LogP contribution is -2.15. The van der Waals surface area contributed by atoms with Gasteiger partial charge in [-0.25, -0.2) is 0 Å². The Morgan fingerprint density at radius 2 is 2.19 bits per heavy atom. The van der Waals surface area contributed by atoms with Crippen LogP contribution < -0.4 is 5.32 Å². The minimum Gasteiger partial charge on any atom is -0.308 e. The molecule has 1 N–H and O–H groups in total. The fourth-order valence-corrected chi connectivity index (χ4v) is 1.84. The predicted molar refractivity (Wildman–Crippen MR) is 68.7 cm³/mol. The molecule has 1 aromatic rings. The van der Waals surface area contributed by atoms with E-state index in [2.05, 4.69) is 35.5 Å². The highest BCUT2D eigenvalue weighted by Gasteiger charge is 2.10. The number of aryl methyl sites for hydroxylation is 2. The molecule has 0 aromatic carbocycles. The Balaban J connectivity index is 2.68. The minimum absolute atomic E-state index is 0.635. The van der Waals surface area contributed by atoms with Crippen molar-refractivity contribution in [2.45, 2.75) is 40.3 Å². The zero-order valence-electron chi connectivity index (χ0n) is 10.3. The molecule has 0 fully saturated rings. The minimum atomic E-state index is 0.635. The van der Waals surface area contributed by atoms with Gasteiger partial charge in [0.25, 0.3) is 0 Å². The largest absolute Gasteiger partial charge is 0.308 e. The van der Waals surface area contributed by atoms with E-state index in [1.807, 2.05) is 6.92 Å². The van der Waals surface area contributed by atoms with Gasteiger partial charge in [0.15, 0.2) is 0 Å². The Hall–Kier alpha value is -0.800. The number of aromatic nitrogens is 2. The molecule has 0 aliphatic heterocycles. The first-order valence-electron chi connectivity index (χ1n) is 5.63. The van der Waals surface area contributed by atoms with Gasteiger partial charge >= 0.3 is 0 Å². The molecule has 1 aromatic heterocycles. The fourth-order valence-electron chi connectivity index (χ4n) is 1.74. The summed E-state index contributed by atoms with van der Waals surface area (Å²) >= 11 is 5.70. The van der Waals surface area contributed by atoms with E-state index in [0.29, 0.717) is 11.6 Å². The Morgan fingerprint density at radius 1 is 1.50 bits per heavy atom. The van der Waals surface area contributed by atoms with Gasteiger partial charge in [0.2, 0.25) is 0 Å². The molecule has 1 heterocycles. The van der Waals surface area contributed by atoms with Crippen LogP contribution in [0.25, 0.3) is 0 Å². The van der Waals surface area contributed by atoms with Crippen LogP contribution in [0.15, 0.2) is 11.6 Å². The van der Waals surface area contributed by atoms with Gasteiger partial charge in [-0.2, -0.15) is 5.10 Å². The van der Waals surface area contributed by atoms with Crippen LogP contribution in [0.4, 0.5) is 0 Å². The molecule has 0 aliphatic rings. The maximum absolute atomic E-state index is 5.70. The van der Waals surface area contributed by atoms with Gasteiger partial charge in [-0.3, -0.25) is 4.68 Å². The van der Waals surface area contributed by atoms with Crippen molar-refractivity contribution in [3.05, 3.63) is 28.6 Å². The summed E-state index contributed by atoms with van der Waals surface area (Å²) in [5.41, 5.74) is 3.61. The number of hydrogen-bond acceptors (Lipinski definition) is 2. The standard InChI is InChI=1S/C12H20ClN3/c1-5-6-16-11(4)12(10(3)15-16)8-14-7-9(2)13/h14H,2,5-8H2,1,3-4H3. The van der Waals surface area contributed by atoms with E-state index in [4.69, 9.17) is 11.6 Å². The Morgan fingerprint density at radius 3 is 2.75 bits per heavy atom. The normalized spacial score (nSPS) is 10.8. The number of nitrogens with zero attached hydrogens (tertiary/aromatic N) is 2. The van der Waals surface area contributed by atoms with E-state index in [1.54, 1.807) is 0 Å². The topological polar surface area (TPSA) is 29.9 Å². The lowest BCUT2D eigenvalue weighted by atomic mass is 10.2. The van der Waals surface area contributed by atoms with Crippen molar-refractivity contribution < 1.29 is 0 Å². The molecule has 0 radical (unpaired) electrons. The highest BCUT2D eigenvalue weighted by Crippen LogP contribution is 2.13. The molecule has 0 bridgehead atoms. The first-order chi connectivity index (χ1) is 7.56. The van der Waals surface area contributed by atoms with Crippen molar-refractivity contribution in [3.63, 3.8) is 0 Å². The second kappa shape index (κ2) is 6.06. The van der Waals surface area contributed by atoms with Gasteiger partial charge in [0.05, 0.1) is 5.69 Å². The average Bonchev–Trinajstić information content (AvgIpc) is 2.45. The summed E-state index contributed by atoms with van der Waals surface area (Å²) in [6.07, 6.45) is 1.10. The number of nitrogens with one attached hydrogen (secondary N) is 1. The first-order valence-corrected chi connectivity index (χ1v) is 6.01. The Kier molecular flexibility index (Phi) is 5.03. The molecule has 1 rings (SSSR count). The molecule has 0 unspecified atom stereocenters. The third-order valence-corrected chi connectivity index (χ3v) is 2.72. The van der Waals surface area contributed by atoms with Gasteiger partial charge in [-0.1, -0.05) is 25.1 Å². The lowest BCUT2D eigenvalue weighted by molar-refractivity contribution is 0.582. The number of hydrogen-bond donors (Lipinski definition) is 1. The molecule has 3 nitrogen and oxygen atoms in total. The predicted octanol–water partition coefficient (Wildman–Crippen LogP) is 2.75. The zero-order chi connectivity index (χ0) is 12.1. The summed E-state index contributed by atoms with van der Waals surface area (Å²) in [5.74, 6) is 0. The third kappa shape index (κ3) is 3.35. The summed E-state index contributed by atoms with van der Waals surface area (Å²) in [6, 6.07) is 0. The van der Waals surface area contributed by atoms with Crippen molar-refractivity contribution >= 4 is 11.6 Å². The van der Waals surface area contributed by atoms with Crippen LogP contribution in [0.2, 0.25) is 0 Å². The summed E-state index contributed by atoms with van der Waals surface area (Å²) in [4.78, 5) is 0. The SMILES string of the molecule is C=C(Cl)CNCc1c(C)nn(CCC)c1C. The van der Waals surface area contributed by atoms with E-state index >= 15 is 0 Å². The molecule has 0 amide bonds. The highest BCUT2D eigenvalue weighted by atomic mass is 35.5. The van der Waals surface area contributed by atoms with Crippen LogP contribution in [0.3, 0.4) is 0 Å². The molecule has 4 heteroatoms. The first kappa shape index (κ1) is 13.3. The van der Waals surface area contributed by atoms with Crippen molar-refractivity contribution in [1.82, 2.24) is 15.1 Å². The molecular formula is C12H20ClN3. The smallest absolute Gasteiger partial charge is 0.0641 e. The second-order valence-electron chi connectivity index (χ2n) is 3.99. The Bertz CT molecular complexity index is 369. The molecule has 0 saturated heterocycles. The van der Waals surface area contributed by atoms with Crippen LogP contribution >= 0.6 is 11.6 Å². The van der Waals surface area contributed by atoms with E-state index in [0.717, 1.165) is 25.2 Å². The van der Waals surface area contributed by atoms with Crippen LogP contribution in [-0.4, -0.2) is 16.3 Å². The molecule has 0 atom stereocenters. The highest BCUT2D eigenvalue weighted by molar-refractivity contribution is 6.29. The van der Waals surface area contributed by atoms with Gasteiger partial charge in [0.1, 0.15) is 0 Å². The number of halogens is 1.